The lowest BCUT2D eigenvalue weighted by Gasteiger charge is -2.17. The average molecular weight is 317 g/mol. The lowest BCUT2D eigenvalue weighted by atomic mass is 10.2. The van der Waals surface area contributed by atoms with Crippen molar-refractivity contribution in [3.8, 4) is 0 Å². The predicted octanol–water partition coefficient (Wildman–Crippen LogP) is 2.91. The SMILES string of the molecule is CCN(CC)CCCCCCN.CN(C)CCCCCCN. The average Bonchev–Trinajstić information content (AvgIpc) is 2.51. The topological polar surface area (TPSA) is 58.5 Å². The molecule has 0 aliphatic carbocycles. The van der Waals surface area contributed by atoms with Crippen molar-refractivity contribution in [2.75, 3.05) is 53.4 Å². The van der Waals surface area contributed by atoms with Crippen LogP contribution in [0.15, 0.2) is 0 Å². The molecule has 4 N–H and O–H groups in total. The fourth-order valence-corrected chi connectivity index (χ4v) is 2.30. The molecule has 0 bridgehead atoms. The van der Waals surface area contributed by atoms with Crippen LogP contribution in [0.2, 0.25) is 0 Å². The predicted molar refractivity (Wildman–Crippen MR) is 101 cm³/mol. The molecular formula is C18H44N4. The van der Waals surface area contributed by atoms with Gasteiger partial charge in [0.05, 0.1) is 0 Å². The molecular weight excluding hydrogens is 272 g/mol. The van der Waals surface area contributed by atoms with E-state index in [0.29, 0.717) is 0 Å². The first kappa shape index (κ1) is 24.1. The molecule has 0 fully saturated rings. The van der Waals surface area contributed by atoms with Crippen molar-refractivity contribution in [1.82, 2.24) is 9.80 Å². The van der Waals surface area contributed by atoms with Gasteiger partial charge in [-0.05, 0) is 79.0 Å². The van der Waals surface area contributed by atoms with Gasteiger partial charge in [-0.15, -0.1) is 0 Å². The standard InChI is InChI=1S/C10H24N2.C8H20N2/c1-3-12(4-2)10-8-6-5-7-9-11;1-10(2)8-6-4-3-5-7-9/h3-11H2,1-2H3;3-9H2,1-2H3. The molecule has 0 radical (unpaired) electrons. The molecule has 22 heavy (non-hydrogen) atoms. The number of nitrogens with zero attached hydrogens (tertiary/aromatic N) is 2. The zero-order chi connectivity index (χ0) is 17.1. The Bertz CT molecular complexity index is 182. The van der Waals surface area contributed by atoms with Gasteiger partial charge in [0, 0.05) is 0 Å². The van der Waals surface area contributed by atoms with Crippen molar-refractivity contribution in [2.45, 2.75) is 65.2 Å². The Balaban J connectivity index is 0. The van der Waals surface area contributed by atoms with Gasteiger partial charge in [0.1, 0.15) is 0 Å². The fraction of sp³-hybridized carbons (Fsp3) is 1.00. The summed E-state index contributed by atoms with van der Waals surface area (Å²) in [6.07, 6.45) is 10.3. The van der Waals surface area contributed by atoms with Gasteiger partial charge in [0.2, 0.25) is 0 Å². The molecule has 0 aromatic heterocycles. The molecule has 0 aliphatic heterocycles. The van der Waals surface area contributed by atoms with Crippen molar-refractivity contribution in [2.24, 2.45) is 11.5 Å². The van der Waals surface area contributed by atoms with Crippen LogP contribution in [0, 0.1) is 0 Å². The molecule has 0 saturated carbocycles. The number of hydrogen-bond acceptors (Lipinski definition) is 4. The summed E-state index contributed by atoms with van der Waals surface area (Å²) in [5.74, 6) is 0. The van der Waals surface area contributed by atoms with Gasteiger partial charge in [-0.3, -0.25) is 0 Å². The smallest absolute Gasteiger partial charge is 0.00190 e. The molecule has 0 heterocycles. The quantitative estimate of drug-likeness (QED) is 0.484. The summed E-state index contributed by atoms with van der Waals surface area (Å²) in [5.41, 5.74) is 10.8. The maximum Gasteiger partial charge on any atom is -0.00190 e. The third-order valence-electron chi connectivity index (χ3n) is 3.88. The van der Waals surface area contributed by atoms with Gasteiger partial charge in [0.25, 0.3) is 0 Å². The Labute approximate surface area is 140 Å². The van der Waals surface area contributed by atoms with Crippen LogP contribution in [-0.2, 0) is 0 Å². The van der Waals surface area contributed by atoms with Crippen LogP contribution in [0.5, 0.6) is 0 Å². The first-order chi connectivity index (χ1) is 10.6. The van der Waals surface area contributed by atoms with E-state index in [1.54, 1.807) is 0 Å². The van der Waals surface area contributed by atoms with E-state index >= 15 is 0 Å². The third kappa shape index (κ3) is 22.1. The van der Waals surface area contributed by atoms with Gasteiger partial charge in [-0.1, -0.05) is 39.5 Å². The number of rotatable bonds is 14. The highest BCUT2D eigenvalue weighted by Gasteiger charge is 1.97. The van der Waals surface area contributed by atoms with E-state index in [9.17, 15) is 0 Å². The summed E-state index contributed by atoms with van der Waals surface area (Å²) >= 11 is 0. The highest BCUT2D eigenvalue weighted by Crippen LogP contribution is 2.00. The molecule has 0 atom stereocenters. The van der Waals surface area contributed by atoms with Crippen molar-refractivity contribution in [3.63, 3.8) is 0 Å². The van der Waals surface area contributed by atoms with Gasteiger partial charge >= 0.3 is 0 Å². The van der Waals surface area contributed by atoms with E-state index < -0.39 is 0 Å². The monoisotopic (exact) mass is 316 g/mol. The van der Waals surface area contributed by atoms with E-state index in [4.69, 9.17) is 11.5 Å². The fourth-order valence-electron chi connectivity index (χ4n) is 2.30. The maximum absolute atomic E-state index is 5.41. The zero-order valence-corrected chi connectivity index (χ0v) is 15.9. The van der Waals surface area contributed by atoms with E-state index in [0.717, 1.165) is 13.1 Å². The maximum atomic E-state index is 5.41. The van der Waals surface area contributed by atoms with Crippen LogP contribution >= 0.6 is 0 Å². The summed E-state index contributed by atoms with van der Waals surface area (Å²) in [6, 6.07) is 0. The molecule has 4 heteroatoms. The Morgan fingerprint density at radius 1 is 0.591 bits per heavy atom. The molecule has 0 saturated heterocycles. The molecule has 0 aromatic rings. The Morgan fingerprint density at radius 2 is 1.00 bits per heavy atom. The van der Waals surface area contributed by atoms with Gasteiger partial charge in [0.15, 0.2) is 0 Å². The second-order valence-corrected chi connectivity index (χ2v) is 6.24. The lowest BCUT2D eigenvalue weighted by Crippen LogP contribution is -2.23. The molecule has 4 nitrogen and oxygen atoms in total. The Hall–Kier alpha value is -0.160. The minimum atomic E-state index is 0.849. The van der Waals surface area contributed by atoms with Crippen LogP contribution in [0.25, 0.3) is 0 Å². The highest BCUT2D eigenvalue weighted by molar-refractivity contribution is 4.52. The minimum absolute atomic E-state index is 0.849. The summed E-state index contributed by atoms with van der Waals surface area (Å²) in [6.45, 7) is 11.0. The van der Waals surface area contributed by atoms with Crippen LogP contribution < -0.4 is 11.5 Å². The van der Waals surface area contributed by atoms with Gasteiger partial charge < -0.3 is 21.3 Å². The molecule has 0 amide bonds. The first-order valence-corrected chi connectivity index (χ1v) is 9.39. The van der Waals surface area contributed by atoms with E-state index in [-0.39, 0.29) is 0 Å². The van der Waals surface area contributed by atoms with Crippen molar-refractivity contribution in [1.29, 1.82) is 0 Å². The summed E-state index contributed by atoms with van der Waals surface area (Å²) < 4.78 is 0. The van der Waals surface area contributed by atoms with E-state index in [2.05, 4.69) is 37.7 Å². The third-order valence-corrected chi connectivity index (χ3v) is 3.88. The van der Waals surface area contributed by atoms with Crippen LogP contribution in [-0.4, -0.2) is 63.2 Å². The molecule has 0 aromatic carbocycles. The van der Waals surface area contributed by atoms with Crippen LogP contribution in [0.1, 0.15) is 65.2 Å². The lowest BCUT2D eigenvalue weighted by molar-refractivity contribution is 0.295. The number of nitrogens with two attached hydrogens (primary N) is 2. The zero-order valence-electron chi connectivity index (χ0n) is 15.9. The van der Waals surface area contributed by atoms with E-state index in [1.165, 1.54) is 77.5 Å². The second kappa shape index (κ2) is 20.8. The highest BCUT2D eigenvalue weighted by atomic mass is 15.1. The second-order valence-electron chi connectivity index (χ2n) is 6.24. The first-order valence-electron chi connectivity index (χ1n) is 9.39. The van der Waals surface area contributed by atoms with Crippen LogP contribution in [0.3, 0.4) is 0 Å². The largest absolute Gasteiger partial charge is 0.330 e. The molecule has 0 aliphatic rings. The van der Waals surface area contributed by atoms with Gasteiger partial charge in [-0.25, -0.2) is 0 Å². The van der Waals surface area contributed by atoms with Crippen molar-refractivity contribution < 1.29 is 0 Å². The summed E-state index contributed by atoms with van der Waals surface area (Å²) in [4.78, 5) is 4.70. The Morgan fingerprint density at radius 3 is 1.36 bits per heavy atom. The number of unbranched alkanes of at least 4 members (excludes halogenated alkanes) is 6. The summed E-state index contributed by atoms with van der Waals surface area (Å²) in [5, 5.41) is 0. The van der Waals surface area contributed by atoms with Crippen molar-refractivity contribution >= 4 is 0 Å². The molecule has 0 spiro atoms. The van der Waals surface area contributed by atoms with Gasteiger partial charge in [-0.2, -0.15) is 0 Å². The Kier molecular flexibility index (Phi) is 22.8. The molecule has 0 unspecified atom stereocenters. The molecule has 0 rings (SSSR count). The minimum Gasteiger partial charge on any atom is -0.330 e. The normalized spacial score (nSPS) is 10.9. The summed E-state index contributed by atoms with van der Waals surface area (Å²) in [7, 11) is 4.23. The van der Waals surface area contributed by atoms with Crippen LogP contribution in [0.4, 0.5) is 0 Å². The number of hydrogen-bond donors (Lipinski definition) is 2. The van der Waals surface area contributed by atoms with Crippen molar-refractivity contribution in [3.05, 3.63) is 0 Å². The molecule has 136 valence electrons. The van der Waals surface area contributed by atoms with E-state index in [1.807, 2.05) is 0 Å².